The lowest BCUT2D eigenvalue weighted by Gasteiger charge is -2.16. The van der Waals surface area contributed by atoms with Crippen LogP contribution in [0.2, 0.25) is 0 Å². The number of allylic oxidation sites excluding steroid dienone is 2. The van der Waals surface area contributed by atoms with Crippen molar-refractivity contribution < 1.29 is 9.47 Å². The predicted octanol–water partition coefficient (Wildman–Crippen LogP) is 5.31. The first kappa shape index (κ1) is 25.2. The number of ether oxygens (including phenoxy) is 2. The Hall–Kier alpha value is -3.42. The van der Waals surface area contributed by atoms with E-state index in [1.165, 1.54) is 5.56 Å². The predicted molar refractivity (Wildman–Crippen MR) is 143 cm³/mol. The standard InChI is InChI=1S/C30H34N2O2/c1-8-13-27-24(9-2)26-16-12-15-25(28(26)30-29(27)32-21(4)19-31-30)20(3)14-10-11-17-34-23(6)18-22(5)33-7/h1,9-13,15-16,18-20,23H,14,17H2,2-7H3/b11-10+,22-18-,24-9-,27-13+. The van der Waals surface area contributed by atoms with Crippen molar-refractivity contribution in [2.45, 2.75) is 53.1 Å². The highest BCUT2D eigenvalue weighted by molar-refractivity contribution is 6.07. The zero-order valence-electron chi connectivity index (χ0n) is 21.1. The van der Waals surface area contributed by atoms with Crippen LogP contribution in [0.5, 0.6) is 0 Å². The minimum absolute atomic E-state index is 0.00575. The number of fused-ring (bicyclic) bond motifs is 3. The van der Waals surface area contributed by atoms with Gasteiger partial charge in [0.15, 0.2) is 0 Å². The zero-order chi connectivity index (χ0) is 24.7. The van der Waals surface area contributed by atoms with Gasteiger partial charge < -0.3 is 9.47 Å². The molecule has 3 aromatic rings. The summed E-state index contributed by atoms with van der Waals surface area (Å²) in [5, 5.41) is 4.36. The van der Waals surface area contributed by atoms with Gasteiger partial charge in [-0.3, -0.25) is 4.98 Å². The molecule has 0 amide bonds. The van der Waals surface area contributed by atoms with Crippen molar-refractivity contribution in [3.63, 3.8) is 0 Å². The molecule has 0 aliphatic rings. The van der Waals surface area contributed by atoms with Gasteiger partial charge in [0.1, 0.15) is 0 Å². The molecule has 0 N–H and O–H groups in total. The Bertz CT molecular complexity index is 1390. The lowest BCUT2D eigenvalue weighted by molar-refractivity contribution is 0.118. The molecule has 34 heavy (non-hydrogen) atoms. The molecule has 4 heteroatoms. The molecule has 0 spiro atoms. The van der Waals surface area contributed by atoms with E-state index in [2.05, 4.69) is 49.3 Å². The van der Waals surface area contributed by atoms with E-state index in [4.69, 9.17) is 25.9 Å². The summed E-state index contributed by atoms with van der Waals surface area (Å²) in [4.78, 5) is 9.64. The minimum atomic E-state index is 0.00575. The number of terminal acetylenes is 1. The second-order valence-electron chi connectivity index (χ2n) is 8.53. The SMILES string of the molecule is C#C/C=c1\c(=C/C)c2cccc(C(C)C/C=C/COC(C)/C=C(/C)OC)c2c2ncc(C)nc12. The third-order valence-electron chi connectivity index (χ3n) is 6.01. The van der Waals surface area contributed by atoms with Crippen LogP contribution >= 0.6 is 0 Å². The number of aromatic nitrogens is 2. The molecule has 176 valence electrons. The second kappa shape index (κ2) is 11.6. The topological polar surface area (TPSA) is 44.2 Å². The summed E-state index contributed by atoms with van der Waals surface area (Å²) in [6.07, 6.45) is 18.6. The number of aryl methyl sites for hydroxylation is 1. The van der Waals surface area contributed by atoms with Crippen LogP contribution in [-0.2, 0) is 9.47 Å². The van der Waals surface area contributed by atoms with Crippen molar-refractivity contribution in [2.75, 3.05) is 13.7 Å². The summed E-state index contributed by atoms with van der Waals surface area (Å²) < 4.78 is 11.0. The van der Waals surface area contributed by atoms with Crippen LogP contribution in [0, 0.1) is 19.3 Å². The molecular weight excluding hydrogens is 420 g/mol. The highest BCUT2D eigenvalue weighted by Gasteiger charge is 2.15. The molecule has 0 fully saturated rings. The van der Waals surface area contributed by atoms with E-state index in [1.807, 2.05) is 40.0 Å². The minimum Gasteiger partial charge on any atom is -0.502 e. The molecule has 0 aliphatic carbocycles. The summed E-state index contributed by atoms with van der Waals surface area (Å²) >= 11 is 0. The lowest BCUT2D eigenvalue weighted by Crippen LogP contribution is -2.27. The van der Waals surface area contributed by atoms with Gasteiger partial charge in [0.2, 0.25) is 0 Å². The van der Waals surface area contributed by atoms with E-state index in [0.717, 1.165) is 50.1 Å². The molecule has 0 radical (unpaired) electrons. The van der Waals surface area contributed by atoms with E-state index in [0.29, 0.717) is 12.5 Å². The first-order valence-electron chi connectivity index (χ1n) is 11.7. The molecule has 0 saturated heterocycles. The molecule has 0 bridgehead atoms. The van der Waals surface area contributed by atoms with Gasteiger partial charge in [-0.25, -0.2) is 4.98 Å². The largest absolute Gasteiger partial charge is 0.502 e. The van der Waals surface area contributed by atoms with Crippen molar-refractivity contribution in [1.29, 1.82) is 0 Å². The van der Waals surface area contributed by atoms with E-state index in [1.54, 1.807) is 13.2 Å². The molecule has 0 aliphatic heterocycles. The van der Waals surface area contributed by atoms with Gasteiger partial charge >= 0.3 is 0 Å². The maximum atomic E-state index is 5.82. The first-order valence-corrected chi connectivity index (χ1v) is 11.7. The Morgan fingerprint density at radius 3 is 2.68 bits per heavy atom. The average Bonchev–Trinajstić information content (AvgIpc) is 2.83. The third-order valence-corrected chi connectivity index (χ3v) is 6.01. The fourth-order valence-corrected chi connectivity index (χ4v) is 4.28. The zero-order valence-corrected chi connectivity index (χ0v) is 21.1. The van der Waals surface area contributed by atoms with Crippen molar-refractivity contribution in [3.05, 3.63) is 70.1 Å². The molecular formula is C30H34N2O2. The Morgan fingerprint density at radius 2 is 1.97 bits per heavy atom. The number of rotatable bonds is 8. The van der Waals surface area contributed by atoms with E-state index in [9.17, 15) is 0 Å². The summed E-state index contributed by atoms with van der Waals surface area (Å²) in [5.74, 6) is 3.85. The van der Waals surface area contributed by atoms with E-state index in [-0.39, 0.29) is 6.10 Å². The molecule has 2 atom stereocenters. The summed E-state index contributed by atoms with van der Waals surface area (Å²) in [6.45, 7) is 10.7. The molecule has 1 aromatic heterocycles. The summed E-state index contributed by atoms with van der Waals surface area (Å²) in [6, 6.07) is 6.46. The van der Waals surface area contributed by atoms with Gasteiger partial charge in [0, 0.05) is 16.8 Å². The quantitative estimate of drug-likeness (QED) is 0.200. The van der Waals surface area contributed by atoms with Crippen LogP contribution in [0.15, 0.2) is 48.4 Å². The lowest BCUT2D eigenvalue weighted by atomic mass is 9.90. The molecule has 3 rings (SSSR count). The van der Waals surface area contributed by atoms with Gasteiger partial charge in [-0.15, -0.1) is 6.42 Å². The Morgan fingerprint density at radius 1 is 1.18 bits per heavy atom. The first-order chi connectivity index (χ1) is 16.4. The highest BCUT2D eigenvalue weighted by atomic mass is 16.5. The number of methoxy groups -OCH3 is 1. The van der Waals surface area contributed by atoms with Crippen LogP contribution in [0.25, 0.3) is 34.0 Å². The van der Waals surface area contributed by atoms with Crippen molar-refractivity contribution >= 4 is 34.0 Å². The van der Waals surface area contributed by atoms with Crippen molar-refractivity contribution in [3.8, 4) is 12.3 Å². The van der Waals surface area contributed by atoms with Crippen LogP contribution in [0.1, 0.15) is 51.3 Å². The highest BCUT2D eigenvalue weighted by Crippen LogP contribution is 2.30. The molecule has 4 nitrogen and oxygen atoms in total. The fourth-order valence-electron chi connectivity index (χ4n) is 4.28. The molecule has 1 heterocycles. The van der Waals surface area contributed by atoms with Crippen molar-refractivity contribution in [2.24, 2.45) is 0 Å². The number of hydrogen-bond acceptors (Lipinski definition) is 4. The average molecular weight is 455 g/mol. The number of hydrogen-bond donors (Lipinski definition) is 0. The van der Waals surface area contributed by atoms with Crippen LogP contribution < -0.4 is 10.4 Å². The van der Waals surface area contributed by atoms with Crippen LogP contribution in [0.4, 0.5) is 0 Å². The number of benzene rings is 2. The summed E-state index contributed by atoms with van der Waals surface area (Å²) in [5.41, 5.74) is 3.89. The van der Waals surface area contributed by atoms with Gasteiger partial charge in [0.05, 0.1) is 42.3 Å². The van der Waals surface area contributed by atoms with Gasteiger partial charge in [-0.1, -0.05) is 49.3 Å². The van der Waals surface area contributed by atoms with Gasteiger partial charge in [-0.2, -0.15) is 0 Å². The third kappa shape index (κ3) is 5.55. The molecule has 2 aromatic carbocycles. The molecule has 2 unspecified atom stereocenters. The van der Waals surface area contributed by atoms with E-state index >= 15 is 0 Å². The second-order valence-corrected chi connectivity index (χ2v) is 8.53. The molecule has 0 saturated carbocycles. The van der Waals surface area contributed by atoms with Gasteiger partial charge in [-0.05, 0) is 68.4 Å². The number of nitrogens with zero attached hydrogens (tertiary/aromatic N) is 2. The monoisotopic (exact) mass is 454 g/mol. The van der Waals surface area contributed by atoms with Crippen molar-refractivity contribution in [1.82, 2.24) is 9.97 Å². The maximum absolute atomic E-state index is 5.82. The smallest absolute Gasteiger partial charge is 0.0981 e. The normalized spacial score (nSPS) is 15.3. The fraction of sp³-hybridized carbons (Fsp3) is 0.333. The van der Waals surface area contributed by atoms with Crippen LogP contribution in [-0.4, -0.2) is 29.8 Å². The van der Waals surface area contributed by atoms with E-state index < -0.39 is 0 Å². The van der Waals surface area contributed by atoms with Crippen LogP contribution in [0.3, 0.4) is 0 Å². The Kier molecular flexibility index (Phi) is 8.62. The maximum Gasteiger partial charge on any atom is 0.0981 e. The Balaban J connectivity index is 1.98. The summed E-state index contributed by atoms with van der Waals surface area (Å²) in [7, 11) is 1.67. The van der Waals surface area contributed by atoms with Gasteiger partial charge in [0.25, 0.3) is 0 Å². The Labute approximate surface area is 202 Å².